The highest BCUT2D eigenvalue weighted by Crippen LogP contribution is 2.51. The lowest BCUT2D eigenvalue weighted by molar-refractivity contribution is 0.399. The Bertz CT molecular complexity index is 1930. The maximum Gasteiger partial charge on any atom is 0.262 e. The molecular weight excluding hydrogens is 516 g/mol. The summed E-state index contributed by atoms with van der Waals surface area (Å²) in [6, 6.07) is 22.9. The van der Waals surface area contributed by atoms with E-state index in [1.165, 1.54) is 0 Å². The molecule has 4 aromatic carbocycles. The van der Waals surface area contributed by atoms with E-state index in [9.17, 15) is 5.11 Å². The highest BCUT2D eigenvalue weighted by Gasteiger charge is 2.38. The fourth-order valence-electron chi connectivity index (χ4n) is 6.53. The second-order valence-corrected chi connectivity index (χ2v) is 12.5. The molecule has 2 aliphatic carbocycles. The number of benzene rings is 4. The van der Waals surface area contributed by atoms with Crippen LogP contribution in [0.4, 0.5) is 0 Å². The second kappa shape index (κ2) is 9.70. The molecule has 2 aliphatic rings. The lowest BCUT2D eigenvalue weighted by atomic mass is 9.64. The lowest BCUT2D eigenvalue weighted by Gasteiger charge is -2.39. The third-order valence-corrected chi connectivity index (χ3v) is 8.97. The second-order valence-electron chi connectivity index (χ2n) is 12.5. The Balaban J connectivity index is 1.42. The third-order valence-electron chi connectivity index (χ3n) is 8.97. The summed E-state index contributed by atoms with van der Waals surface area (Å²) < 4.78 is 5.96. The summed E-state index contributed by atoms with van der Waals surface area (Å²) in [4.78, 5) is 4.94. The van der Waals surface area contributed by atoms with Crippen LogP contribution in [-0.4, -0.2) is 15.2 Å². The molecule has 0 bridgehead atoms. The molecule has 0 saturated carbocycles. The van der Waals surface area contributed by atoms with Crippen LogP contribution in [0.25, 0.3) is 50.0 Å². The first-order valence-corrected chi connectivity index (χ1v) is 14.7. The van der Waals surface area contributed by atoms with Crippen LogP contribution < -0.4 is 0 Å². The van der Waals surface area contributed by atoms with Crippen LogP contribution in [0.1, 0.15) is 45.2 Å². The number of rotatable bonds is 4. The molecule has 5 aromatic rings. The predicted molar refractivity (Wildman–Crippen MR) is 172 cm³/mol. The van der Waals surface area contributed by atoms with Gasteiger partial charge < -0.3 is 9.63 Å². The van der Waals surface area contributed by atoms with E-state index < -0.39 is 0 Å². The smallest absolute Gasteiger partial charge is 0.262 e. The third kappa shape index (κ3) is 4.13. The highest BCUT2D eigenvalue weighted by molar-refractivity contribution is 6.11. The van der Waals surface area contributed by atoms with Gasteiger partial charge in [0.1, 0.15) is 5.75 Å². The first-order chi connectivity index (χ1) is 20.3. The van der Waals surface area contributed by atoms with Crippen LogP contribution in [0.15, 0.2) is 114 Å². The molecule has 4 heteroatoms. The van der Waals surface area contributed by atoms with E-state index in [2.05, 4.69) is 112 Å². The number of hydrogen-bond acceptors (Lipinski definition) is 4. The van der Waals surface area contributed by atoms with Crippen molar-refractivity contribution < 1.29 is 9.63 Å². The van der Waals surface area contributed by atoms with Crippen molar-refractivity contribution >= 4 is 27.1 Å². The van der Waals surface area contributed by atoms with Crippen LogP contribution in [-0.2, 0) is 5.41 Å². The van der Waals surface area contributed by atoms with Crippen LogP contribution >= 0.6 is 0 Å². The Morgan fingerprint density at radius 3 is 2.21 bits per heavy atom. The molecule has 0 fully saturated rings. The molecule has 1 heterocycles. The highest BCUT2D eigenvalue weighted by atomic mass is 16.5. The van der Waals surface area contributed by atoms with Crippen molar-refractivity contribution in [2.75, 3.05) is 0 Å². The molecule has 7 rings (SSSR count). The van der Waals surface area contributed by atoms with Gasteiger partial charge in [-0.15, -0.1) is 0 Å². The van der Waals surface area contributed by atoms with Gasteiger partial charge in [-0.1, -0.05) is 124 Å². The molecule has 1 N–H and O–H groups in total. The first kappa shape index (κ1) is 26.2. The Labute approximate surface area is 246 Å². The van der Waals surface area contributed by atoms with Crippen molar-refractivity contribution in [1.82, 2.24) is 10.1 Å². The molecule has 208 valence electrons. The standard InChI is InChI=1S/C38H34N2O2/c1-5-38-19-11-10-18-32(38)29(17-12-20-38)30-22-26(37(2,3)4)23-31(34(30)41)36-39-35(40-42-36)33-27-15-8-6-13-24(27)21-25-14-7-9-16-28(25)33/h6-23,32,41H,5H2,1-4H3. The quantitative estimate of drug-likeness (QED) is 0.226. The average Bonchev–Trinajstić information content (AvgIpc) is 3.48. The van der Waals surface area contributed by atoms with Crippen LogP contribution in [0, 0.1) is 11.3 Å². The lowest BCUT2D eigenvalue weighted by Crippen LogP contribution is -2.29. The zero-order valence-electron chi connectivity index (χ0n) is 24.4. The Kier molecular flexibility index (Phi) is 6.05. The van der Waals surface area contributed by atoms with Crippen LogP contribution in [0.3, 0.4) is 0 Å². The molecule has 0 radical (unpaired) electrons. The summed E-state index contributed by atoms with van der Waals surface area (Å²) >= 11 is 0. The summed E-state index contributed by atoms with van der Waals surface area (Å²) in [6.07, 6.45) is 16.3. The zero-order valence-corrected chi connectivity index (χ0v) is 24.4. The molecule has 4 nitrogen and oxygen atoms in total. The van der Waals surface area contributed by atoms with E-state index in [1.807, 2.05) is 30.3 Å². The Hall–Kier alpha value is -4.70. The van der Waals surface area contributed by atoms with E-state index in [4.69, 9.17) is 9.51 Å². The number of phenolic OH excluding ortho intramolecular Hbond substituents is 1. The van der Waals surface area contributed by atoms with Crippen molar-refractivity contribution in [1.29, 1.82) is 0 Å². The van der Waals surface area contributed by atoms with Gasteiger partial charge in [-0.2, -0.15) is 4.98 Å². The average molecular weight is 551 g/mol. The largest absolute Gasteiger partial charge is 0.506 e. The van der Waals surface area contributed by atoms with Gasteiger partial charge in [0.2, 0.25) is 5.82 Å². The van der Waals surface area contributed by atoms with E-state index in [-0.39, 0.29) is 22.5 Å². The number of fused-ring (bicyclic) bond motifs is 3. The molecule has 42 heavy (non-hydrogen) atoms. The number of nitrogens with zero attached hydrogens (tertiary/aromatic N) is 2. The molecule has 0 saturated heterocycles. The molecule has 0 spiro atoms. The van der Waals surface area contributed by atoms with Gasteiger partial charge in [0.15, 0.2) is 0 Å². The van der Waals surface area contributed by atoms with E-state index in [0.29, 0.717) is 17.3 Å². The zero-order chi connectivity index (χ0) is 29.1. The van der Waals surface area contributed by atoms with Gasteiger partial charge in [-0.05, 0) is 62.7 Å². The van der Waals surface area contributed by atoms with E-state index >= 15 is 0 Å². The number of aromatic nitrogens is 2. The monoisotopic (exact) mass is 550 g/mol. The fourth-order valence-corrected chi connectivity index (χ4v) is 6.53. The Morgan fingerprint density at radius 2 is 1.52 bits per heavy atom. The van der Waals surface area contributed by atoms with Crippen molar-refractivity contribution in [3.8, 4) is 28.6 Å². The summed E-state index contributed by atoms with van der Waals surface area (Å²) in [5, 5.41) is 20.8. The maximum absolute atomic E-state index is 11.9. The van der Waals surface area contributed by atoms with Crippen molar-refractivity contribution in [3.63, 3.8) is 0 Å². The number of aromatic hydroxyl groups is 1. The molecule has 0 aliphatic heterocycles. The minimum absolute atomic E-state index is 0.115. The Morgan fingerprint density at radius 1 is 0.857 bits per heavy atom. The fraction of sp³-hybridized carbons (Fsp3) is 0.211. The van der Waals surface area contributed by atoms with Gasteiger partial charge in [0.25, 0.3) is 5.89 Å². The molecular formula is C38H34N2O2. The minimum Gasteiger partial charge on any atom is -0.506 e. The molecule has 2 unspecified atom stereocenters. The SMILES string of the molecule is CCC12C=CC=CC1C(c1cc(C(C)(C)C)cc(-c3nc(-c4c5ccccc5cc5ccccc45)no3)c1O)=CC=C2. The van der Waals surface area contributed by atoms with Crippen molar-refractivity contribution in [2.24, 2.45) is 11.3 Å². The van der Waals surface area contributed by atoms with Gasteiger partial charge in [-0.25, -0.2) is 0 Å². The van der Waals surface area contributed by atoms with Crippen molar-refractivity contribution in [3.05, 3.63) is 120 Å². The van der Waals surface area contributed by atoms with E-state index in [1.54, 1.807) is 0 Å². The minimum atomic E-state index is -0.166. The topological polar surface area (TPSA) is 59.2 Å². The summed E-state index contributed by atoms with van der Waals surface area (Å²) in [5.74, 6) is 1.09. The van der Waals surface area contributed by atoms with Gasteiger partial charge in [0.05, 0.1) is 5.56 Å². The molecule has 1 aromatic heterocycles. The van der Waals surface area contributed by atoms with Crippen LogP contribution in [0.5, 0.6) is 5.75 Å². The summed E-state index contributed by atoms with van der Waals surface area (Å²) in [5.41, 5.74) is 4.18. The maximum atomic E-state index is 11.9. The number of phenols is 1. The summed E-state index contributed by atoms with van der Waals surface area (Å²) in [6.45, 7) is 8.77. The number of allylic oxidation sites excluding steroid dienone is 8. The molecule has 0 amide bonds. The normalized spacial score (nSPS) is 19.8. The van der Waals surface area contributed by atoms with E-state index in [0.717, 1.165) is 50.2 Å². The predicted octanol–water partition coefficient (Wildman–Crippen LogP) is 9.80. The van der Waals surface area contributed by atoms with Crippen LogP contribution in [0.2, 0.25) is 0 Å². The van der Waals surface area contributed by atoms with Gasteiger partial charge >= 0.3 is 0 Å². The van der Waals surface area contributed by atoms with Crippen molar-refractivity contribution in [2.45, 2.75) is 39.5 Å². The van der Waals surface area contributed by atoms with Gasteiger partial charge in [0, 0.05) is 22.5 Å². The molecule has 2 atom stereocenters. The van der Waals surface area contributed by atoms with Gasteiger partial charge in [-0.3, -0.25) is 0 Å². The number of hydrogen-bond donors (Lipinski definition) is 1. The summed E-state index contributed by atoms with van der Waals surface area (Å²) in [7, 11) is 0. The first-order valence-electron chi connectivity index (χ1n) is 14.7.